The first-order valence-corrected chi connectivity index (χ1v) is 6.34. The number of nitrogens with one attached hydrogen (secondary N) is 1. The molecule has 0 aliphatic heterocycles. The van der Waals surface area contributed by atoms with E-state index in [4.69, 9.17) is 13.3 Å². The predicted octanol–water partition coefficient (Wildman–Crippen LogP) is 1.03. The van der Waals surface area contributed by atoms with E-state index >= 15 is 0 Å². The molecule has 1 radical (unpaired) electrons. The molecule has 0 saturated carbocycles. The van der Waals surface area contributed by atoms with E-state index in [0.717, 1.165) is 19.0 Å². The second-order valence-corrected chi connectivity index (χ2v) is 5.73. The maximum Gasteiger partial charge on any atom is 0.500 e. The van der Waals surface area contributed by atoms with Crippen molar-refractivity contribution in [3.63, 3.8) is 0 Å². The van der Waals surface area contributed by atoms with Crippen molar-refractivity contribution in [1.82, 2.24) is 5.32 Å². The van der Waals surface area contributed by atoms with Gasteiger partial charge in [-0.25, -0.2) is 0 Å². The summed E-state index contributed by atoms with van der Waals surface area (Å²) in [4.78, 5) is 0. The minimum atomic E-state index is -2.32. The molecule has 0 spiro atoms. The third-order valence-corrected chi connectivity index (χ3v) is 4.77. The van der Waals surface area contributed by atoms with Crippen LogP contribution in [0.4, 0.5) is 0 Å². The van der Waals surface area contributed by atoms with Crippen LogP contribution in [0.2, 0.25) is 6.04 Å². The third-order valence-electron chi connectivity index (χ3n) is 1.94. The van der Waals surface area contributed by atoms with E-state index in [1.54, 1.807) is 21.3 Å². The molecule has 0 aromatic heterocycles. The lowest BCUT2D eigenvalue weighted by Crippen LogP contribution is -2.43. The Labute approximate surface area is 81.9 Å². The Morgan fingerprint density at radius 3 is 2.08 bits per heavy atom. The van der Waals surface area contributed by atoms with Gasteiger partial charge in [-0.15, -0.1) is 0 Å². The fraction of sp³-hybridized carbons (Fsp3) is 0.875. The smallest absolute Gasteiger partial charge is 0.377 e. The SMILES string of the molecule is C[CH]NCCC[Si](OC)(OC)OC. The quantitative estimate of drug-likeness (QED) is 0.475. The molecule has 0 unspecified atom stereocenters. The normalized spacial score (nSPS) is 12.0. The molecule has 0 aromatic rings. The van der Waals surface area contributed by atoms with Crippen LogP contribution in [0.1, 0.15) is 13.3 Å². The molecule has 13 heavy (non-hydrogen) atoms. The zero-order chi connectivity index (χ0) is 10.2. The summed E-state index contributed by atoms with van der Waals surface area (Å²) in [6.07, 6.45) is 0.992. The molecule has 0 aromatic carbocycles. The van der Waals surface area contributed by atoms with Crippen LogP contribution in [0.5, 0.6) is 0 Å². The largest absolute Gasteiger partial charge is 0.500 e. The molecular weight excluding hydrogens is 186 g/mol. The maximum atomic E-state index is 5.27. The van der Waals surface area contributed by atoms with Gasteiger partial charge in [0.25, 0.3) is 0 Å². The Bertz CT molecular complexity index is 112. The summed E-state index contributed by atoms with van der Waals surface area (Å²) < 4.78 is 15.8. The van der Waals surface area contributed by atoms with E-state index < -0.39 is 8.80 Å². The topological polar surface area (TPSA) is 39.7 Å². The highest BCUT2D eigenvalue weighted by atomic mass is 28.4. The predicted molar refractivity (Wildman–Crippen MR) is 54.2 cm³/mol. The van der Waals surface area contributed by atoms with Crippen molar-refractivity contribution in [2.75, 3.05) is 27.9 Å². The van der Waals surface area contributed by atoms with E-state index in [1.807, 2.05) is 13.5 Å². The van der Waals surface area contributed by atoms with Gasteiger partial charge in [0, 0.05) is 33.9 Å². The van der Waals surface area contributed by atoms with Crippen molar-refractivity contribution in [2.24, 2.45) is 0 Å². The first kappa shape index (κ1) is 13.1. The summed E-state index contributed by atoms with van der Waals surface area (Å²) >= 11 is 0. The van der Waals surface area contributed by atoms with E-state index in [2.05, 4.69) is 5.32 Å². The van der Waals surface area contributed by atoms with Crippen LogP contribution >= 0.6 is 0 Å². The summed E-state index contributed by atoms with van der Waals surface area (Å²) in [5, 5.41) is 3.12. The minimum absolute atomic E-state index is 0.845. The van der Waals surface area contributed by atoms with Gasteiger partial charge in [-0.3, -0.25) is 0 Å². The lowest BCUT2D eigenvalue weighted by atomic mass is 10.5. The molecule has 0 aliphatic carbocycles. The van der Waals surface area contributed by atoms with Gasteiger partial charge in [0.05, 0.1) is 0 Å². The summed E-state index contributed by atoms with van der Waals surface area (Å²) in [5.74, 6) is 0. The van der Waals surface area contributed by atoms with Crippen LogP contribution in [0.3, 0.4) is 0 Å². The monoisotopic (exact) mass is 206 g/mol. The highest BCUT2D eigenvalue weighted by molar-refractivity contribution is 6.60. The van der Waals surface area contributed by atoms with Crippen LogP contribution < -0.4 is 5.32 Å². The summed E-state index contributed by atoms with van der Waals surface area (Å²) in [7, 11) is 2.59. The highest BCUT2D eigenvalue weighted by Gasteiger charge is 2.36. The fourth-order valence-electron chi connectivity index (χ4n) is 1.11. The summed E-state index contributed by atoms with van der Waals surface area (Å²) in [6, 6.07) is 0.845. The lowest BCUT2D eigenvalue weighted by Gasteiger charge is -2.24. The number of hydrogen-bond acceptors (Lipinski definition) is 4. The Hall–Kier alpha value is 0.0569. The van der Waals surface area contributed by atoms with Gasteiger partial charge in [-0.05, 0) is 19.9 Å². The van der Waals surface area contributed by atoms with Crippen LogP contribution in [-0.4, -0.2) is 36.7 Å². The van der Waals surface area contributed by atoms with Crippen molar-refractivity contribution in [1.29, 1.82) is 0 Å². The van der Waals surface area contributed by atoms with Crippen LogP contribution in [0.25, 0.3) is 0 Å². The summed E-state index contributed by atoms with van der Waals surface area (Å²) in [6.45, 7) is 4.82. The molecule has 0 heterocycles. The lowest BCUT2D eigenvalue weighted by molar-refractivity contribution is 0.123. The van der Waals surface area contributed by atoms with Gasteiger partial charge in [0.15, 0.2) is 0 Å². The van der Waals surface area contributed by atoms with E-state index in [-0.39, 0.29) is 0 Å². The minimum Gasteiger partial charge on any atom is -0.377 e. The molecule has 5 heteroatoms. The van der Waals surface area contributed by atoms with Crippen molar-refractivity contribution < 1.29 is 13.3 Å². The molecule has 0 fully saturated rings. The first-order chi connectivity index (χ1) is 6.24. The summed E-state index contributed by atoms with van der Waals surface area (Å²) in [5.41, 5.74) is 0. The standard InChI is InChI=1S/C8H20NO3Si/c1-5-9-7-6-8-13(10-2,11-3)12-4/h5,9H,6-8H2,1-4H3. The molecule has 4 nitrogen and oxygen atoms in total. The van der Waals surface area contributed by atoms with Crippen LogP contribution in [-0.2, 0) is 13.3 Å². The second kappa shape index (κ2) is 7.46. The fourth-order valence-corrected chi connectivity index (χ4v) is 2.83. The van der Waals surface area contributed by atoms with Crippen molar-refractivity contribution in [3.8, 4) is 0 Å². The zero-order valence-electron chi connectivity index (χ0n) is 8.92. The van der Waals surface area contributed by atoms with Gasteiger partial charge >= 0.3 is 8.80 Å². The molecule has 0 atom stereocenters. The number of rotatable bonds is 8. The number of hydrogen-bond donors (Lipinski definition) is 1. The second-order valence-electron chi connectivity index (χ2n) is 2.64. The van der Waals surface area contributed by atoms with Gasteiger partial charge in [0.1, 0.15) is 0 Å². The van der Waals surface area contributed by atoms with Gasteiger partial charge < -0.3 is 18.6 Å². The molecule has 0 aliphatic rings. The van der Waals surface area contributed by atoms with E-state index in [9.17, 15) is 0 Å². The molecule has 1 N–H and O–H groups in total. The Balaban J connectivity index is 3.68. The van der Waals surface area contributed by atoms with Crippen molar-refractivity contribution in [2.45, 2.75) is 19.4 Å². The molecular formula is C8H20NO3Si. The molecule has 0 rings (SSSR count). The third kappa shape index (κ3) is 4.73. The van der Waals surface area contributed by atoms with Crippen LogP contribution in [0.15, 0.2) is 0 Å². The average molecular weight is 206 g/mol. The van der Waals surface area contributed by atoms with Crippen molar-refractivity contribution in [3.05, 3.63) is 6.54 Å². The Morgan fingerprint density at radius 1 is 1.15 bits per heavy atom. The van der Waals surface area contributed by atoms with Gasteiger partial charge in [-0.2, -0.15) is 0 Å². The highest BCUT2D eigenvalue weighted by Crippen LogP contribution is 2.14. The van der Waals surface area contributed by atoms with Crippen molar-refractivity contribution >= 4 is 8.80 Å². The average Bonchev–Trinajstić information content (AvgIpc) is 2.20. The van der Waals surface area contributed by atoms with E-state index in [0.29, 0.717) is 0 Å². The molecule has 0 amide bonds. The molecule has 0 bridgehead atoms. The Kier molecular flexibility index (Phi) is 7.49. The molecule has 79 valence electrons. The maximum absolute atomic E-state index is 5.27. The Morgan fingerprint density at radius 2 is 1.69 bits per heavy atom. The van der Waals surface area contributed by atoms with Gasteiger partial charge in [-0.1, -0.05) is 0 Å². The van der Waals surface area contributed by atoms with Crippen LogP contribution in [0, 0.1) is 6.54 Å². The van der Waals surface area contributed by atoms with Gasteiger partial charge in [0.2, 0.25) is 0 Å². The van der Waals surface area contributed by atoms with E-state index in [1.165, 1.54) is 0 Å². The first-order valence-electron chi connectivity index (χ1n) is 4.41. The molecule has 0 saturated heterocycles. The zero-order valence-corrected chi connectivity index (χ0v) is 9.92.